The van der Waals surface area contributed by atoms with Crippen LogP contribution in [0.15, 0.2) is 36.5 Å². The highest BCUT2D eigenvalue weighted by Crippen LogP contribution is 2.43. The van der Waals surface area contributed by atoms with Crippen molar-refractivity contribution in [2.24, 2.45) is 0 Å². The number of carbonyl (C=O) groups excluding carboxylic acids is 2. The van der Waals surface area contributed by atoms with Gasteiger partial charge in [0.2, 0.25) is 5.91 Å². The van der Waals surface area contributed by atoms with E-state index < -0.39 is 57.6 Å². The molecule has 0 fully saturated rings. The molecule has 0 bridgehead atoms. The molecule has 1 amide bonds. The van der Waals surface area contributed by atoms with Gasteiger partial charge in [-0.1, -0.05) is 243 Å². The van der Waals surface area contributed by atoms with Gasteiger partial charge in [-0.05, 0) is 51.4 Å². The van der Waals surface area contributed by atoms with Gasteiger partial charge in [0.15, 0.2) is 6.04 Å². The number of hydrogen-bond donors (Lipinski definition) is 4. The van der Waals surface area contributed by atoms with Gasteiger partial charge < -0.3 is 25.2 Å². The van der Waals surface area contributed by atoms with E-state index >= 15 is 0 Å². The third-order valence-corrected chi connectivity index (χ3v) is 13.4. The molecule has 0 radical (unpaired) electrons. The largest absolute Gasteiger partial charge is 0.480 e. The van der Waals surface area contributed by atoms with Crippen LogP contribution in [0.2, 0.25) is 0 Å². The van der Waals surface area contributed by atoms with Crippen LogP contribution in [-0.4, -0.2) is 64.9 Å². The molecule has 68 heavy (non-hydrogen) atoms. The molecule has 0 heterocycles. The molecule has 0 aliphatic carbocycles. The van der Waals surface area contributed by atoms with E-state index in [0.717, 1.165) is 64.2 Å². The maximum absolute atomic E-state index is 12.4. The summed E-state index contributed by atoms with van der Waals surface area (Å²) in [6.45, 7) is 2.62. The van der Waals surface area contributed by atoms with Crippen LogP contribution in [-0.2, 0) is 32.7 Å². The number of amides is 1. The Kier molecular flexibility index (Phi) is 49.3. The zero-order chi connectivity index (χ0) is 49.9. The van der Waals surface area contributed by atoms with E-state index in [9.17, 15) is 34.1 Å². The topological polar surface area (TPSA) is 169 Å². The number of nitrogens with one attached hydrogen (secondary N) is 1. The Hall–Kier alpha value is -2.30. The monoisotopic (exact) mass is 982 g/mol. The standard InChI is InChI=1S/C56H104NO10P/c1-3-5-7-9-11-13-15-17-19-21-23-25-26-28-29-31-33-35-37-39-41-43-45-47-54(59)57-53(56(61)62)51-67-68(63,64)66-50-52(58)49-65-55(60)48-46-44-42-40-38-36-34-32-30-27-24-22-20-18-16-14-12-10-8-6-4-2/h11,13,17,19,23,25,52-53,58H,3-10,12,14-16,18,20-22,24,26-51H2,1-2H3,(H,57,59)(H,61,62)(H,63,64)/b13-11-,19-17-,25-23-. The van der Waals surface area contributed by atoms with Crippen LogP contribution >= 0.6 is 7.82 Å². The van der Waals surface area contributed by atoms with Crippen molar-refractivity contribution in [3.8, 4) is 0 Å². The van der Waals surface area contributed by atoms with Crippen LogP contribution < -0.4 is 5.32 Å². The van der Waals surface area contributed by atoms with Crippen LogP contribution in [0.4, 0.5) is 0 Å². The van der Waals surface area contributed by atoms with E-state index in [-0.39, 0.29) is 12.8 Å². The summed E-state index contributed by atoms with van der Waals surface area (Å²) < 4.78 is 27.0. The first-order valence-electron chi connectivity index (χ1n) is 28.0. The fourth-order valence-corrected chi connectivity index (χ4v) is 8.86. The Bertz CT molecular complexity index is 1290. The zero-order valence-corrected chi connectivity index (χ0v) is 44.6. The first-order valence-corrected chi connectivity index (χ1v) is 29.5. The van der Waals surface area contributed by atoms with Crippen molar-refractivity contribution in [3.05, 3.63) is 36.5 Å². The van der Waals surface area contributed by atoms with Gasteiger partial charge in [-0.3, -0.25) is 18.6 Å². The highest BCUT2D eigenvalue weighted by molar-refractivity contribution is 7.47. The number of aliphatic hydroxyl groups is 1. The van der Waals surface area contributed by atoms with E-state index in [4.69, 9.17) is 13.8 Å². The molecular formula is C56H104NO10P. The summed E-state index contributed by atoms with van der Waals surface area (Å²) in [5, 5.41) is 22.0. The van der Waals surface area contributed by atoms with Crippen molar-refractivity contribution in [2.75, 3.05) is 19.8 Å². The first-order chi connectivity index (χ1) is 33.1. The third kappa shape index (κ3) is 50.1. The van der Waals surface area contributed by atoms with Crippen molar-refractivity contribution in [1.29, 1.82) is 0 Å². The maximum Gasteiger partial charge on any atom is 0.472 e. The van der Waals surface area contributed by atoms with Gasteiger partial charge in [-0.15, -0.1) is 0 Å². The van der Waals surface area contributed by atoms with Crippen LogP contribution in [0.25, 0.3) is 0 Å². The fourth-order valence-electron chi connectivity index (χ4n) is 8.09. The number of hydrogen-bond acceptors (Lipinski definition) is 8. The Morgan fingerprint density at radius 3 is 1.24 bits per heavy atom. The summed E-state index contributed by atoms with van der Waals surface area (Å²) >= 11 is 0. The van der Waals surface area contributed by atoms with E-state index in [2.05, 4.69) is 55.6 Å². The number of aliphatic hydroxyl groups excluding tert-OH is 1. The Labute approximate surface area is 416 Å². The smallest absolute Gasteiger partial charge is 0.472 e. The summed E-state index contributed by atoms with van der Waals surface area (Å²) in [5.74, 6) is -2.36. The summed E-state index contributed by atoms with van der Waals surface area (Å²) in [7, 11) is -4.76. The minimum Gasteiger partial charge on any atom is -0.480 e. The van der Waals surface area contributed by atoms with Gasteiger partial charge in [-0.2, -0.15) is 0 Å². The molecule has 0 aromatic rings. The molecule has 0 rings (SSSR count). The molecule has 3 atom stereocenters. The van der Waals surface area contributed by atoms with E-state index in [1.807, 2.05) is 0 Å². The van der Waals surface area contributed by atoms with E-state index in [1.165, 1.54) is 167 Å². The molecule has 0 saturated heterocycles. The number of ether oxygens (including phenoxy) is 1. The van der Waals surface area contributed by atoms with Gasteiger partial charge in [0.25, 0.3) is 0 Å². The number of rotatable bonds is 53. The Morgan fingerprint density at radius 1 is 0.471 bits per heavy atom. The van der Waals surface area contributed by atoms with Gasteiger partial charge in [0, 0.05) is 12.8 Å². The highest BCUT2D eigenvalue weighted by Gasteiger charge is 2.28. The number of phosphoric acid groups is 1. The van der Waals surface area contributed by atoms with Gasteiger partial charge in [-0.25, -0.2) is 9.36 Å². The van der Waals surface area contributed by atoms with Crippen LogP contribution in [0.5, 0.6) is 0 Å². The number of allylic oxidation sites excluding steroid dienone is 6. The summed E-state index contributed by atoms with van der Waals surface area (Å²) in [4.78, 5) is 46.2. The minimum absolute atomic E-state index is 0.142. The quantitative estimate of drug-likeness (QED) is 0.0199. The van der Waals surface area contributed by atoms with E-state index in [1.54, 1.807) is 0 Å². The van der Waals surface area contributed by atoms with Gasteiger partial charge in [0.1, 0.15) is 12.7 Å². The molecule has 0 aromatic carbocycles. The molecule has 12 heteroatoms. The molecule has 398 valence electrons. The molecule has 11 nitrogen and oxygen atoms in total. The number of carboxylic acids is 1. The molecule has 0 aromatic heterocycles. The number of carbonyl (C=O) groups is 3. The SMILES string of the molecule is CCCCC/C=C\C/C=C\C/C=C\CCCCCCCCCCCCC(=O)NC(COP(=O)(O)OCC(O)COC(=O)CCCCCCCCCCCCCCCCCCCCCCC)C(=O)O. The number of phosphoric ester groups is 1. The second-order valence-corrected chi connectivity index (χ2v) is 20.6. The summed E-state index contributed by atoms with van der Waals surface area (Å²) in [5.41, 5.74) is 0. The van der Waals surface area contributed by atoms with Crippen molar-refractivity contribution in [1.82, 2.24) is 5.32 Å². The second kappa shape index (κ2) is 51.1. The second-order valence-electron chi connectivity index (χ2n) is 19.1. The predicted octanol–water partition coefficient (Wildman–Crippen LogP) is 15.9. The third-order valence-electron chi connectivity index (χ3n) is 12.4. The molecule has 0 spiro atoms. The molecule has 0 saturated carbocycles. The number of carboxylic acid groups (broad SMARTS) is 1. The molecule has 0 aliphatic rings. The average molecular weight is 982 g/mol. The maximum atomic E-state index is 12.4. The molecule has 4 N–H and O–H groups in total. The number of unbranched alkanes of at least 4 members (excludes halogenated alkanes) is 33. The Morgan fingerprint density at radius 2 is 0.809 bits per heavy atom. The molecule has 3 unspecified atom stereocenters. The number of aliphatic carboxylic acids is 1. The average Bonchev–Trinajstić information content (AvgIpc) is 3.32. The lowest BCUT2D eigenvalue weighted by Gasteiger charge is -2.18. The van der Waals surface area contributed by atoms with Crippen molar-refractivity contribution in [2.45, 2.75) is 283 Å². The summed E-state index contributed by atoms with van der Waals surface area (Å²) in [6.07, 6.45) is 58.8. The lowest BCUT2D eigenvalue weighted by atomic mass is 10.0. The van der Waals surface area contributed by atoms with Gasteiger partial charge in [0.05, 0.1) is 13.2 Å². The van der Waals surface area contributed by atoms with Crippen LogP contribution in [0.1, 0.15) is 271 Å². The van der Waals surface area contributed by atoms with E-state index in [0.29, 0.717) is 12.8 Å². The summed E-state index contributed by atoms with van der Waals surface area (Å²) in [6, 6.07) is -1.55. The normalized spacial score (nSPS) is 13.7. The first kappa shape index (κ1) is 65.7. The highest BCUT2D eigenvalue weighted by atomic mass is 31.2. The minimum atomic E-state index is -4.76. The van der Waals surface area contributed by atoms with Crippen molar-refractivity contribution < 1.29 is 47.8 Å². The van der Waals surface area contributed by atoms with Gasteiger partial charge >= 0.3 is 19.8 Å². The van der Waals surface area contributed by atoms with Crippen LogP contribution in [0.3, 0.4) is 0 Å². The fraction of sp³-hybridized carbons (Fsp3) is 0.839. The van der Waals surface area contributed by atoms with Crippen molar-refractivity contribution >= 4 is 25.7 Å². The molecule has 0 aliphatic heterocycles. The lowest BCUT2D eigenvalue weighted by Crippen LogP contribution is -2.43. The lowest BCUT2D eigenvalue weighted by molar-refractivity contribution is -0.147. The number of esters is 1. The van der Waals surface area contributed by atoms with Crippen LogP contribution in [0, 0.1) is 0 Å². The van der Waals surface area contributed by atoms with Crippen molar-refractivity contribution in [3.63, 3.8) is 0 Å². The Balaban J connectivity index is 3.78. The predicted molar refractivity (Wildman–Crippen MR) is 282 cm³/mol. The molecular weight excluding hydrogens is 878 g/mol. The zero-order valence-electron chi connectivity index (χ0n) is 43.7.